The molecule has 1 fully saturated rings. The zero-order chi connectivity index (χ0) is 18.0. The molecule has 0 unspecified atom stereocenters. The van der Waals surface area contributed by atoms with Gasteiger partial charge in [-0.3, -0.25) is 4.79 Å². The number of ether oxygens (including phenoxy) is 3. The highest BCUT2D eigenvalue weighted by Crippen LogP contribution is 2.47. The van der Waals surface area contributed by atoms with Crippen molar-refractivity contribution in [1.82, 2.24) is 0 Å². The lowest BCUT2D eigenvalue weighted by Gasteiger charge is -2.21. The maximum Gasteiger partial charge on any atom is 0.251 e. The third-order valence-corrected chi connectivity index (χ3v) is 4.78. The van der Waals surface area contributed by atoms with Crippen LogP contribution in [0, 0.1) is 0 Å². The Morgan fingerprint density at radius 3 is 2.54 bits per heavy atom. The summed E-state index contributed by atoms with van der Waals surface area (Å²) < 4.78 is 17.5. The first kappa shape index (κ1) is 16.8. The molecule has 136 valence electrons. The van der Waals surface area contributed by atoms with Gasteiger partial charge in [0.05, 0.1) is 13.0 Å². The van der Waals surface area contributed by atoms with Crippen LogP contribution in [0.15, 0.2) is 42.5 Å². The fourth-order valence-electron chi connectivity index (χ4n) is 3.55. The Bertz CT molecular complexity index is 794. The molecule has 1 N–H and O–H groups in total. The Hall–Kier alpha value is -2.69. The van der Waals surface area contributed by atoms with E-state index < -0.39 is 5.79 Å². The molecule has 4 rings (SSSR count). The van der Waals surface area contributed by atoms with Crippen LogP contribution in [0.25, 0.3) is 0 Å². The summed E-state index contributed by atoms with van der Waals surface area (Å²) in [6.07, 6.45) is 4.40. The van der Waals surface area contributed by atoms with E-state index in [2.05, 4.69) is 5.32 Å². The molecule has 1 aliphatic heterocycles. The van der Waals surface area contributed by atoms with E-state index in [-0.39, 0.29) is 5.91 Å². The molecule has 2 aliphatic rings. The molecule has 0 bridgehead atoms. The van der Waals surface area contributed by atoms with E-state index >= 15 is 0 Å². The molecule has 0 atom stereocenters. The summed E-state index contributed by atoms with van der Waals surface area (Å²) >= 11 is 0. The van der Waals surface area contributed by atoms with Crippen molar-refractivity contribution in [3.63, 3.8) is 0 Å². The topological polar surface area (TPSA) is 56.8 Å². The molecule has 1 amide bonds. The monoisotopic (exact) mass is 353 g/mol. The number of hydrogen-bond donors (Lipinski definition) is 1. The van der Waals surface area contributed by atoms with Crippen molar-refractivity contribution in [3.05, 3.63) is 48.0 Å². The van der Waals surface area contributed by atoms with E-state index in [0.29, 0.717) is 18.8 Å². The molecule has 1 saturated carbocycles. The fourth-order valence-corrected chi connectivity index (χ4v) is 3.55. The largest absolute Gasteiger partial charge is 0.494 e. The second-order valence-electron chi connectivity index (χ2n) is 6.79. The number of amides is 1. The summed E-state index contributed by atoms with van der Waals surface area (Å²) in [7, 11) is 0. The van der Waals surface area contributed by atoms with Crippen LogP contribution in [-0.2, 0) is 11.2 Å². The van der Waals surface area contributed by atoms with Crippen molar-refractivity contribution in [1.29, 1.82) is 0 Å². The van der Waals surface area contributed by atoms with Gasteiger partial charge in [-0.15, -0.1) is 0 Å². The summed E-state index contributed by atoms with van der Waals surface area (Å²) in [5.74, 6) is 1.74. The molecule has 2 aromatic carbocycles. The number of carbonyl (C=O) groups is 1. The highest BCUT2D eigenvalue weighted by Gasteiger charge is 2.44. The van der Waals surface area contributed by atoms with Crippen LogP contribution in [0.5, 0.6) is 17.2 Å². The molecule has 0 saturated heterocycles. The summed E-state index contributed by atoms with van der Waals surface area (Å²) in [5.41, 5.74) is 1.66. The average Bonchev–Trinajstić information content (AvgIpc) is 3.22. The molecule has 1 heterocycles. The summed E-state index contributed by atoms with van der Waals surface area (Å²) in [6, 6.07) is 13.2. The van der Waals surface area contributed by atoms with E-state index in [0.717, 1.165) is 48.4 Å². The van der Waals surface area contributed by atoms with Crippen molar-refractivity contribution in [2.24, 2.45) is 0 Å². The molecule has 1 aliphatic carbocycles. The van der Waals surface area contributed by atoms with Crippen LogP contribution < -0.4 is 19.5 Å². The number of benzene rings is 2. The van der Waals surface area contributed by atoms with Crippen molar-refractivity contribution in [3.8, 4) is 17.2 Å². The Balaban J connectivity index is 1.38. The van der Waals surface area contributed by atoms with Gasteiger partial charge in [0.1, 0.15) is 5.75 Å². The molecular weight excluding hydrogens is 330 g/mol. The SMILES string of the molecule is CCOc1ccc(CC(=O)Nc2ccc3c(c2)OC2(CCCC2)O3)cc1. The van der Waals surface area contributed by atoms with Crippen molar-refractivity contribution >= 4 is 11.6 Å². The van der Waals surface area contributed by atoms with Crippen LogP contribution in [0.2, 0.25) is 0 Å². The number of rotatable bonds is 5. The van der Waals surface area contributed by atoms with Gasteiger partial charge in [-0.2, -0.15) is 0 Å². The summed E-state index contributed by atoms with van der Waals surface area (Å²) in [5, 5.41) is 2.93. The Kier molecular flexibility index (Phi) is 4.45. The smallest absolute Gasteiger partial charge is 0.251 e. The minimum absolute atomic E-state index is 0.0661. The predicted octanol–water partition coefficient (Wildman–Crippen LogP) is 4.31. The van der Waals surface area contributed by atoms with Crippen LogP contribution >= 0.6 is 0 Å². The van der Waals surface area contributed by atoms with Gasteiger partial charge in [-0.1, -0.05) is 12.1 Å². The maximum absolute atomic E-state index is 12.3. The van der Waals surface area contributed by atoms with Crippen molar-refractivity contribution in [2.75, 3.05) is 11.9 Å². The highest BCUT2D eigenvalue weighted by atomic mass is 16.7. The molecule has 0 radical (unpaired) electrons. The molecular formula is C21H23NO4. The van der Waals surface area contributed by atoms with Crippen LogP contribution in [-0.4, -0.2) is 18.3 Å². The lowest BCUT2D eigenvalue weighted by molar-refractivity contribution is -0.115. The second kappa shape index (κ2) is 6.90. The van der Waals surface area contributed by atoms with E-state index in [9.17, 15) is 4.79 Å². The van der Waals surface area contributed by atoms with Crippen molar-refractivity contribution < 1.29 is 19.0 Å². The van der Waals surface area contributed by atoms with Gasteiger partial charge in [0, 0.05) is 24.6 Å². The van der Waals surface area contributed by atoms with Gasteiger partial charge in [0.15, 0.2) is 11.5 Å². The van der Waals surface area contributed by atoms with Gasteiger partial charge in [0.2, 0.25) is 5.91 Å². The van der Waals surface area contributed by atoms with E-state index in [1.54, 1.807) is 0 Å². The van der Waals surface area contributed by atoms with Crippen LogP contribution in [0.1, 0.15) is 38.2 Å². The zero-order valence-corrected chi connectivity index (χ0v) is 14.9. The molecule has 5 heteroatoms. The second-order valence-corrected chi connectivity index (χ2v) is 6.79. The van der Waals surface area contributed by atoms with Crippen LogP contribution in [0.3, 0.4) is 0 Å². The quantitative estimate of drug-likeness (QED) is 0.870. The number of hydrogen-bond acceptors (Lipinski definition) is 4. The minimum atomic E-state index is -0.479. The average molecular weight is 353 g/mol. The Morgan fingerprint density at radius 2 is 1.81 bits per heavy atom. The van der Waals surface area contributed by atoms with Crippen LogP contribution in [0.4, 0.5) is 5.69 Å². The highest BCUT2D eigenvalue weighted by molar-refractivity contribution is 5.92. The first-order valence-electron chi connectivity index (χ1n) is 9.19. The van der Waals surface area contributed by atoms with E-state index in [1.807, 2.05) is 49.4 Å². The Morgan fingerprint density at radius 1 is 1.08 bits per heavy atom. The summed E-state index contributed by atoms with van der Waals surface area (Å²) in [4.78, 5) is 12.3. The molecule has 0 aromatic heterocycles. The minimum Gasteiger partial charge on any atom is -0.494 e. The fraction of sp³-hybridized carbons (Fsp3) is 0.381. The number of anilines is 1. The molecule has 5 nitrogen and oxygen atoms in total. The third kappa shape index (κ3) is 3.47. The number of fused-ring (bicyclic) bond motifs is 1. The number of nitrogens with one attached hydrogen (secondary N) is 1. The van der Waals surface area contributed by atoms with E-state index in [4.69, 9.17) is 14.2 Å². The van der Waals surface area contributed by atoms with Gasteiger partial charge < -0.3 is 19.5 Å². The Labute approximate surface area is 153 Å². The molecule has 1 spiro atoms. The van der Waals surface area contributed by atoms with Gasteiger partial charge in [-0.25, -0.2) is 0 Å². The first-order valence-corrected chi connectivity index (χ1v) is 9.19. The lowest BCUT2D eigenvalue weighted by atomic mass is 10.1. The van der Waals surface area contributed by atoms with Crippen molar-refractivity contribution in [2.45, 2.75) is 44.8 Å². The normalized spacial score (nSPS) is 16.7. The third-order valence-electron chi connectivity index (χ3n) is 4.78. The maximum atomic E-state index is 12.3. The first-order chi connectivity index (χ1) is 12.7. The summed E-state index contributed by atoms with van der Waals surface area (Å²) in [6.45, 7) is 2.58. The zero-order valence-electron chi connectivity index (χ0n) is 14.9. The van der Waals surface area contributed by atoms with Gasteiger partial charge in [-0.05, 0) is 49.6 Å². The lowest BCUT2D eigenvalue weighted by Crippen LogP contribution is -2.34. The molecule has 2 aromatic rings. The van der Waals surface area contributed by atoms with E-state index in [1.165, 1.54) is 0 Å². The number of carbonyl (C=O) groups excluding carboxylic acids is 1. The standard InChI is InChI=1S/C21H23NO4/c1-2-24-17-8-5-15(6-9-17)13-20(23)22-16-7-10-18-19(14-16)26-21(25-18)11-3-4-12-21/h5-10,14H,2-4,11-13H2,1H3,(H,22,23). The van der Waals surface area contributed by atoms with Gasteiger partial charge in [0.25, 0.3) is 5.79 Å². The van der Waals surface area contributed by atoms with Gasteiger partial charge >= 0.3 is 0 Å². The molecule has 26 heavy (non-hydrogen) atoms. The predicted molar refractivity (Wildman–Crippen MR) is 98.8 cm³/mol.